The number of phenols is 1. The maximum atomic E-state index is 12.7. The van der Waals surface area contributed by atoms with E-state index in [9.17, 15) is 31.4 Å². The molecular formula is C15H9F6NO. The number of phenolic OH excluding ortho intramolecular Hbond substituents is 1. The molecule has 0 fully saturated rings. The minimum absolute atomic E-state index is 0.0268. The Morgan fingerprint density at radius 3 is 1.83 bits per heavy atom. The quantitative estimate of drug-likeness (QED) is 0.596. The monoisotopic (exact) mass is 333 g/mol. The van der Waals surface area contributed by atoms with Crippen molar-refractivity contribution >= 4 is 11.9 Å². The van der Waals surface area contributed by atoms with Gasteiger partial charge < -0.3 is 5.11 Å². The molecular weight excluding hydrogens is 324 g/mol. The number of hydrogen-bond donors (Lipinski definition) is 1. The average Bonchev–Trinajstić information content (AvgIpc) is 2.44. The lowest BCUT2D eigenvalue weighted by atomic mass is 10.1. The van der Waals surface area contributed by atoms with Crippen molar-refractivity contribution in [3.63, 3.8) is 0 Å². The van der Waals surface area contributed by atoms with E-state index in [0.717, 1.165) is 6.21 Å². The number of aliphatic imine (C=N–C) groups is 1. The summed E-state index contributed by atoms with van der Waals surface area (Å²) in [7, 11) is 0. The Morgan fingerprint density at radius 2 is 1.35 bits per heavy atom. The summed E-state index contributed by atoms with van der Waals surface area (Å²) in [6, 6.07) is 6.81. The van der Waals surface area contributed by atoms with Crippen LogP contribution in [-0.4, -0.2) is 11.3 Å². The van der Waals surface area contributed by atoms with Gasteiger partial charge in [0, 0.05) is 11.8 Å². The summed E-state index contributed by atoms with van der Waals surface area (Å²) in [5, 5.41) is 9.50. The zero-order valence-corrected chi connectivity index (χ0v) is 11.3. The minimum atomic E-state index is -4.93. The summed E-state index contributed by atoms with van der Waals surface area (Å²) in [4.78, 5) is 3.60. The maximum Gasteiger partial charge on any atom is 0.416 e. The summed E-state index contributed by atoms with van der Waals surface area (Å²) < 4.78 is 76.2. The molecule has 0 aromatic heterocycles. The number of aromatic hydroxyl groups is 1. The summed E-state index contributed by atoms with van der Waals surface area (Å²) in [5.74, 6) is -0.195. The first-order valence-electron chi connectivity index (χ1n) is 6.19. The van der Waals surface area contributed by atoms with Gasteiger partial charge in [0.1, 0.15) is 5.75 Å². The van der Waals surface area contributed by atoms with Gasteiger partial charge in [0.2, 0.25) is 0 Å². The Bertz CT molecular complexity index is 701. The van der Waals surface area contributed by atoms with Crippen molar-refractivity contribution in [1.29, 1.82) is 0 Å². The van der Waals surface area contributed by atoms with Crippen LogP contribution in [0.3, 0.4) is 0 Å². The SMILES string of the molecule is Oc1ccccc1C=Nc1cc(C(F)(F)F)cc(C(F)(F)F)c1. The molecule has 2 rings (SSSR count). The van der Waals surface area contributed by atoms with Crippen LogP contribution in [0, 0.1) is 0 Å². The fourth-order valence-electron chi connectivity index (χ4n) is 1.75. The highest BCUT2D eigenvalue weighted by Gasteiger charge is 2.36. The van der Waals surface area contributed by atoms with E-state index in [1.165, 1.54) is 24.3 Å². The first-order chi connectivity index (χ1) is 10.6. The Kier molecular flexibility index (Phi) is 4.35. The zero-order chi connectivity index (χ0) is 17.3. The minimum Gasteiger partial charge on any atom is -0.507 e. The molecule has 8 heteroatoms. The first-order valence-corrected chi connectivity index (χ1v) is 6.19. The number of rotatable bonds is 2. The largest absolute Gasteiger partial charge is 0.507 e. The van der Waals surface area contributed by atoms with Crippen LogP contribution < -0.4 is 0 Å². The Labute approximate surface area is 126 Å². The molecule has 0 aliphatic carbocycles. The zero-order valence-electron chi connectivity index (χ0n) is 11.3. The first kappa shape index (κ1) is 16.9. The molecule has 2 nitrogen and oxygen atoms in total. The summed E-state index contributed by atoms with van der Waals surface area (Å²) in [6.07, 6.45) is -8.87. The Morgan fingerprint density at radius 1 is 0.826 bits per heavy atom. The van der Waals surface area contributed by atoms with E-state index < -0.39 is 29.2 Å². The highest BCUT2D eigenvalue weighted by molar-refractivity contribution is 5.85. The van der Waals surface area contributed by atoms with Crippen LogP contribution in [0.5, 0.6) is 5.75 Å². The van der Waals surface area contributed by atoms with Crippen LogP contribution in [0.25, 0.3) is 0 Å². The average molecular weight is 333 g/mol. The number of hydrogen-bond acceptors (Lipinski definition) is 2. The molecule has 0 aliphatic rings. The van der Waals surface area contributed by atoms with Crippen molar-refractivity contribution in [2.45, 2.75) is 12.4 Å². The van der Waals surface area contributed by atoms with Crippen molar-refractivity contribution in [3.05, 3.63) is 59.2 Å². The molecule has 0 saturated heterocycles. The molecule has 122 valence electrons. The van der Waals surface area contributed by atoms with Gasteiger partial charge in [0.25, 0.3) is 0 Å². The van der Waals surface area contributed by atoms with Crippen molar-refractivity contribution in [1.82, 2.24) is 0 Å². The maximum absolute atomic E-state index is 12.7. The van der Waals surface area contributed by atoms with Gasteiger partial charge in [-0.05, 0) is 30.3 Å². The van der Waals surface area contributed by atoms with Crippen LogP contribution in [-0.2, 0) is 12.4 Å². The van der Waals surface area contributed by atoms with Gasteiger partial charge in [-0.3, -0.25) is 4.99 Å². The standard InChI is InChI=1S/C15H9F6NO/c16-14(17,18)10-5-11(15(19,20)21)7-12(6-10)22-8-9-3-1-2-4-13(9)23/h1-8,23H. The summed E-state index contributed by atoms with van der Waals surface area (Å²) in [5.41, 5.74) is -3.25. The van der Waals surface area contributed by atoms with Crippen LogP contribution in [0.1, 0.15) is 16.7 Å². The molecule has 0 heterocycles. The molecule has 1 N–H and O–H groups in total. The molecule has 2 aromatic rings. The third-order valence-electron chi connectivity index (χ3n) is 2.86. The topological polar surface area (TPSA) is 32.6 Å². The second-order valence-corrected chi connectivity index (χ2v) is 4.58. The van der Waals surface area contributed by atoms with E-state index in [1.54, 1.807) is 0 Å². The molecule has 0 radical (unpaired) electrons. The summed E-state index contributed by atoms with van der Waals surface area (Å²) in [6.45, 7) is 0. The molecule has 0 unspecified atom stereocenters. The Balaban J connectivity index is 2.48. The predicted molar refractivity (Wildman–Crippen MR) is 71.8 cm³/mol. The highest BCUT2D eigenvalue weighted by atomic mass is 19.4. The van der Waals surface area contributed by atoms with Gasteiger partial charge >= 0.3 is 12.4 Å². The number of benzene rings is 2. The van der Waals surface area contributed by atoms with Gasteiger partial charge in [0.05, 0.1) is 16.8 Å². The smallest absolute Gasteiger partial charge is 0.416 e. The van der Waals surface area contributed by atoms with E-state index in [4.69, 9.17) is 0 Å². The lowest BCUT2D eigenvalue weighted by Gasteiger charge is -2.12. The van der Waals surface area contributed by atoms with Crippen LogP contribution in [0.4, 0.5) is 32.0 Å². The molecule has 0 bridgehead atoms. The third-order valence-corrected chi connectivity index (χ3v) is 2.86. The van der Waals surface area contributed by atoms with Crippen LogP contribution in [0.2, 0.25) is 0 Å². The molecule has 0 saturated carbocycles. The molecule has 0 spiro atoms. The number of nitrogens with zero attached hydrogens (tertiary/aromatic N) is 1. The van der Waals surface area contributed by atoms with Crippen molar-refractivity contribution < 1.29 is 31.4 Å². The van der Waals surface area contributed by atoms with Crippen LogP contribution >= 0.6 is 0 Å². The summed E-state index contributed by atoms with van der Waals surface area (Å²) >= 11 is 0. The van der Waals surface area contributed by atoms with Gasteiger partial charge in [-0.25, -0.2) is 0 Å². The lowest BCUT2D eigenvalue weighted by Crippen LogP contribution is -2.10. The van der Waals surface area contributed by atoms with Gasteiger partial charge in [0.15, 0.2) is 0 Å². The van der Waals surface area contributed by atoms with Crippen molar-refractivity contribution in [2.24, 2.45) is 4.99 Å². The number of para-hydroxylation sites is 1. The molecule has 0 aliphatic heterocycles. The fraction of sp³-hybridized carbons (Fsp3) is 0.133. The molecule has 23 heavy (non-hydrogen) atoms. The van der Waals surface area contributed by atoms with Crippen molar-refractivity contribution in [2.75, 3.05) is 0 Å². The van der Waals surface area contributed by atoms with E-state index in [2.05, 4.69) is 4.99 Å². The van der Waals surface area contributed by atoms with Crippen LogP contribution in [0.15, 0.2) is 47.5 Å². The highest BCUT2D eigenvalue weighted by Crippen LogP contribution is 2.38. The number of alkyl halides is 6. The number of halogens is 6. The van der Waals surface area contributed by atoms with Gasteiger partial charge in [-0.2, -0.15) is 26.3 Å². The van der Waals surface area contributed by atoms with E-state index >= 15 is 0 Å². The third kappa shape index (κ3) is 4.24. The predicted octanol–water partition coefficient (Wildman–Crippen LogP) is 5.18. The lowest BCUT2D eigenvalue weighted by molar-refractivity contribution is -0.143. The Hall–Kier alpha value is -2.51. The van der Waals surface area contributed by atoms with Crippen molar-refractivity contribution in [3.8, 4) is 5.75 Å². The molecule has 2 aromatic carbocycles. The van der Waals surface area contributed by atoms with E-state index in [1.807, 2.05) is 0 Å². The van der Waals surface area contributed by atoms with E-state index in [0.29, 0.717) is 12.1 Å². The van der Waals surface area contributed by atoms with Gasteiger partial charge in [-0.15, -0.1) is 0 Å². The fourth-order valence-corrected chi connectivity index (χ4v) is 1.75. The van der Waals surface area contributed by atoms with Gasteiger partial charge in [-0.1, -0.05) is 12.1 Å². The normalized spacial score (nSPS) is 12.8. The second kappa shape index (κ2) is 5.94. The second-order valence-electron chi connectivity index (χ2n) is 4.58. The molecule has 0 amide bonds. The molecule has 0 atom stereocenters. The van der Waals surface area contributed by atoms with E-state index in [-0.39, 0.29) is 17.4 Å².